The summed E-state index contributed by atoms with van der Waals surface area (Å²) in [5.74, 6) is 0. The van der Waals surface area contributed by atoms with E-state index in [0.29, 0.717) is 25.7 Å². The third-order valence-electron chi connectivity index (χ3n) is 2.59. The molecule has 0 aromatic carbocycles. The lowest BCUT2D eigenvalue weighted by Gasteiger charge is -2.15. The van der Waals surface area contributed by atoms with Crippen LogP contribution < -0.4 is 5.73 Å². The summed E-state index contributed by atoms with van der Waals surface area (Å²) >= 11 is 0. The van der Waals surface area contributed by atoms with Crippen LogP contribution in [0.1, 0.15) is 51.4 Å². The summed E-state index contributed by atoms with van der Waals surface area (Å²) in [7, 11) is 0. The highest BCUT2D eigenvalue weighted by Gasteiger charge is 2.34. The topological polar surface area (TPSA) is 26.0 Å². The first-order valence-electron chi connectivity index (χ1n) is 6.00. The molecular weight excluding hydrogens is 260 g/mol. The number of hydrogen-bond acceptors (Lipinski definition) is 1. The van der Waals surface area contributed by atoms with E-state index in [1.807, 2.05) is 0 Å². The first-order chi connectivity index (χ1) is 8.13. The summed E-state index contributed by atoms with van der Waals surface area (Å²) in [4.78, 5) is 0. The lowest BCUT2D eigenvalue weighted by atomic mass is 10.1. The van der Waals surface area contributed by atoms with E-state index in [0.717, 1.165) is 0 Å². The van der Waals surface area contributed by atoms with Gasteiger partial charge < -0.3 is 0 Å². The Labute approximate surface area is 103 Å². The normalized spacial score (nSPS) is 14.8. The van der Waals surface area contributed by atoms with Crippen molar-refractivity contribution in [1.82, 2.24) is 0 Å². The summed E-state index contributed by atoms with van der Waals surface area (Å²) in [6.07, 6.45) is -5.01. The summed E-state index contributed by atoms with van der Waals surface area (Å²) < 4.78 is 72.4. The van der Waals surface area contributed by atoms with Crippen LogP contribution in [0.3, 0.4) is 0 Å². The average molecular weight is 279 g/mol. The zero-order valence-electron chi connectivity index (χ0n) is 10.1. The van der Waals surface area contributed by atoms with E-state index in [1.54, 1.807) is 0 Å². The fourth-order valence-corrected chi connectivity index (χ4v) is 1.55. The Morgan fingerprint density at radius 3 is 1.67 bits per heavy atom. The van der Waals surface area contributed by atoms with Gasteiger partial charge in [-0.05, 0) is 12.8 Å². The molecule has 7 heteroatoms. The number of rotatable bonds is 9. The van der Waals surface area contributed by atoms with Gasteiger partial charge in [-0.1, -0.05) is 32.1 Å². The molecular formula is C11H19F6N. The van der Waals surface area contributed by atoms with E-state index in [4.69, 9.17) is 0 Å². The first kappa shape index (κ1) is 17.5. The van der Waals surface area contributed by atoms with Crippen molar-refractivity contribution < 1.29 is 26.3 Å². The second-order valence-electron chi connectivity index (χ2n) is 4.42. The maximum atomic E-state index is 12.7. The molecule has 0 aromatic rings. The van der Waals surface area contributed by atoms with Gasteiger partial charge in [0, 0.05) is 6.42 Å². The van der Waals surface area contributed by atoms with Crippen LogP contribution in [0.25, 0.3) is 0 Å². The van der Waals surface area contributed by atoms with E-state index >= 15 is 0 Å². The van der Waals surface area contributed by atoms with Crippen molar-refractivity contribution in [3.8, 4) is 0 Å². The second kappa shape index (κ2) is 7.86. The second-order valence-corrected chi connectivity index (χ2v) is 4.42. The van der Waals surface area contributed by atoms with E-state index in [-0.39, 0.29) is 19.3 Å². The van der Waals surface area contributed by atoms with Gasteiger partial charge in [0.2, 0.25) is 0 Å². The van der Waals surface area contributed by atoms with Crippen LogP contribution in [0.2, 0.25) is 0 Å². The van der Waals surface area contributed by atoms with Crippen molar-refractivity contribution >= 4 is 0 Å². The Morgan fingerprint density at radius 1 is 0.778 bits per heavy atom. The van der Waals surface area contributed by atoms with E-state index < -0.39 is 24.8 Å². The van der Waals surface area contributed by atoms with Crippen LogP contribution in [-0.2, 0) is 0 Å². The molecule has 0 spiro atoms. The molecule has 0 rings (SSSR count). The standard InChI is InChI=1S/C11H19F6N/c12-9(11(16,17)18)7-5-3-1-2-4-6-8-10(13,14)15/h9H,1-8,18H2. The Balaban J connectivity index is 3.32. The first-order valence-corrected chi connectivity index (χ1v) is 6.00. The van der Waals surface area contributed by atoms with Crippen molar-refractivity contribution in [2.75, 3.05) is 0 Å². The third-order valence-corrected chi connectivity index (χ3v) is 2.59. The van der Waals surface area contributed by atoms with E-state index in [2.05, 4.69) is 5.73 Å². The quantitative estimate of drug-likeness (QED) is 0.374. The van der Waals surface area contributed by atoms with Crippen LogP contribution in [0, 0.1) is 0 Å². The maximum absolute atomic E-state index is 12.7. The van der Waals surface area contributed by atoms with Crippen LogP contribution in [0.5, 0.6) is 0 Å². The highest BCUT2D eigenvalue weighted by Crippen LogP contribution is 2.24. The Hall–Kier alpha value is -0.460. The highest BCUT2D eigenvalue weighted by molar-refractivity contribution is 4.69. The van der Waals surface area contributed by atoms with Gasteiger partial charge in [0.05, 0.1) is 0 Å². The molecule has 1 atom stereocenters. The van der Waals surface area contributed by atoms with Crippen LogP contribution in [0.4, 0.5) is 26.3 Å². The van der Waals surface area contributed by atoms with Crippen LogP contribution in [-0.4, -0.2) is 18.4 Å². The number of unbranched alkanes of at least 4 members (excludes halogenated alkanes) is 5. The lowest BCUT2D eigenvalue weighted by molar-refractivity contribution is -0.135. The van der Waals surface area contributed by atoms with Crippen molar-refractivity contribution in [1.29, 1.82) is 0 Å². The molecule has 1 unspecified atom stereocenters. The number of halogens is 6. The molecule has 0 fully saturated rings. The van der Waals surface area contributed by atoms with Gasteiger partial charge in [0.15, 0.2) is 6.17 Å². The Morgan fingerprint density at radius 2 is 1.22 bits per heavy atom. The minimum atomic E-state index is -4.12. The lowest BCUT2D eigenvalue weighted by Crippen LogP contribution is -2.39. The summed E-state index contributed by atoms with van der Waals surface area (Å²) in [6, 6.07) is -3.80. The Kier molecular flexibility index (Phi) is 7.66. The molecule has 0 aliphatic rings. The Bertz CT molecular complexity index is 211. The molecule has 2 N–H and O–H groups in total. The molecule has 0 bridgehead atoms. The van der Waals surface area contributed by atoms with E-state index in [9.17, 15) is 26.3 Å². The van der Waals surface area contributed by atoms with Gasteiger partial charge in [-0.15, -0.1) is 0 Å². The van der Waals surface area contributed by atoms with Gasteiger partial charge in [-0.3, -0.25) is 5.73 Å². The number of alkyl halides is 6. The predicted octanol–water partition coefficient (Wildman–Crippen LogP) is 4.56. The zero-order chi connectivity index (χ0) is 14.2. The number of nitrogens with two attached hydrogens (primary N) is 1. The average Bonchev–Trinajstić information content (AvgIpc) is 2.18. The van der Waals surface area contributed by atoms with Gasteiger partial charge in [0.1, 0.15) is 0 Å². The molecule has 0 aromatic heterocycles. The molecule has 18 heavy (non-hydrogen) atoms. The minimum Gasteiger partial charge on any atom is -0.270 e. The number of hydrogen-bond donors (Lipinski definition) is 1. The summed E-state index contributed by atoms with van der Waals surface area (Å²) in [5, 5.41) is 0. The van der Waals surface area contributed by atoms with Crippen LogP contribution >= 0.6 is 0 Å². The molecule has 0 saturated carbocycles. The molecule has 0 amide bonds. The maximum Gasteiger partial charge on any atom is 0.389 e. The monoisotopic (exact) mass is 279 g/mol. The van der Waals surface area contributed by atoms with Gasteiger partial charge >= 0.3 is 12.2 Å². The highest BCUT2D eigenvalue weighted by atomic mass is 19.4. The molecule has 0 aliphatic carbocycles. The third kappa shape index (κ3) is 10.7. The minimum absolute atomic E-state index is 0.0795. The molecule has 0 radical (unpaired) electrons. The predicted molar refractivity (Wildman–Crippen MR) is 57.0 cm³/mol. The SMILES string of the molecule is NC(F)(F)C(F)CCCCCCCCC(F)(F)F. The summed E-state index contributed by atoms with van der Waals surface area (Å²) in [5.41, 5.74) is 4.29. The molecule has 0 heterocycles. The van der Waals surface area contributed by atoms with Crippen molar-refractivity contribution in [2.24, 2.45) is 5.73 Å². The largest absolute Gasteiger partial charge is 0.389 e. The summed E-state index contributed by atoms with van der Waals surface area (Å²) in [6.45, 7) is 0. The van der Waals surface area contributed by atoms with Crippen molar-refractivity contribution in [3.05, 3.63) is 0 Å². The van der Waals surface area contributed by atoms with Gasteiger partial charge in [-0.25, -0.2) is 4.39 Å². The molecule has 110 valence electrons. The fraction of sp³-hybridized carbons (Fsp3) is 1.00. The molecule has 1 nitrogen and oxygen atoms in total. The fourth-order valence-electron chi connectivity index (χ4n) is 1.55. The smallest absolute Gasteiger partial charge is 0.270 e. The molecule has 0 saturated heterocycles. The van der Waals surface area contributed by atoms with E-state index in [1.165, 1.54) is 0 Å². The zero-order valence-corrected chi connectivity index (χ0v) is 10.1. The van der Waals surface area contributed by atoms with Gasteiger partial charge in [0.25, 0.3) is 0 Å². The molecule has 0 aliphatic heterocycles. The van der Waals surface area contributed by atoms with Crippen LogP contribution in [0.15, 0.2) is 0 Å². The van der Waals surface area contributed by atoms with Crippen molar-refractivity contribution in [3.63, 3.8) is 0 Å². The van der Waals surface area contributed by atoms with Gasteiger partial charge in [-0.2, -0.15) is 22.0 Å². The van der Waals surface area contributed by atoms with Crippen molar-refractivity contribution in [2.45, 2.75) is 69.8 Å².